The number of carbonyl (C=O) groups is 1. The normalized spacial score (nSPS) is 15.3. The molecule has 2 heterocycles. The van der Waals surface area contributed by atoms with Crippen molar-refractivity contribution in [2.24, 2.45) is 0 Å². The molecule has 0 saturated carbocycles. The average Bonchev–Trinajstić information content (AvgIpc) is 3.26. The lowest BCUT2D eigenvalue weighted by molar-refractivity contribution is 0.102. The first kappa shape index (κ1) is 17.9. The smallest absolute Gasteiger partial charge is 0.276 e. The number of rotatable bonds is 5. The number of hydrogen-bond acceptors (Lipinski definition) is 5. The Kier molecular flexibility index (Phi) is 5.11. The van der Waals surface area contributed by atoms with Crippen LogP contribution in [0.1, 0.15) is 23.3 Å². The Morgan fingerprint density at radius 1 is 1.32 bits per heavy atom. The maximum atomic E-state index is 12.7. The van der Waals surface area contributed by atoms with Crippen LogP contribution in [0.25, 0.3) is 0 Å². The second-order valence-corrected chi connectivity index (χ2v) is 8.29. The summed E-state index contributed by atoms with van der Waals surface area (Å²) in [6.45, 7) is 1.02. The summed E-state index contributed by atoms with van der Waals surface area (Å²) >= 11 is 3.18. The van der Waals surface area contributed by atoms with Crippen LogP contribution in [0.4, 0.5) is 5.69 Å². The SMILES string of the molecule is COc1cc(NC(=O)c2cc(Br)[nH]n2)ccc1S(=O)(=O)N1CCCC1. The molecule has 1 amide bonds. The van der Waals surface area contributed by atoms with Crippen LogP contribution < -0.4 is 10.1 Å². The summed E-state index contributed by atoms with van der Waals surface area (Å²) < 4.78 is 32.7. The Morgan fingerprint density at radius 3 is 2.64 bits per heavy atom. The highest BCUT2D eigenvalue weighted by molar-refractivity contribution is 9.10. The molecule has 25 heavy (non-hydrogen) atoms. The van der Waals surface area contributed by atoms with Gasteiger partial charge in [0.1, 0.15) is 15.2 Å². The molecule has 0 radical (unpaired) electrons. The number of aromatic amines is 1. The maximum absolute atomic E-state index is 12.7. The van der Waals surface area contributed by atoms with Gasteiger partial charge in [0, 0.05) is 30.9 Å². The fourth-order valence-corrected chi connectivity index (χ4v) is 4.59. The van der Waals surface area contributed by atoms with Crippen LogP contribution in [0, 0.1) is 0 Å². The fraction of sp³-hybridized carbons (Fsp3) is 0.333. The van der Waals surface area contributed by atoms with Crippen molar-refractivity contribution in [1.82, 2.24) is 14.5 Å². The molecule has 1 aromatic carbocycles. The molecular weight excluding hydrogens is 412 g/mol. The Bertz CT molecular complexity index is 891. The predicted octanol–water partition coefficient (Wildman–Crippen LogP) is 2.22. The lowest BCUT2D eigenvalue weighted by Gasteiger charge is -2.18. The van der Waals surface area contributed by atoms with Gasteiger partial charge in [-0.2, -0.15) is 9.40 Å². The number of aromatic nitrogens is 2. The molecule has 8 nitrogen and oxygen atoms in total. The average molecular weight is 429 g/mol. The predicted molar refractivity (Wildman–Crippen MR) is 95.2 cm³/mol. The van der Waals surface area contributed by atoms with E-state index in [1.165, 1.54) is 29.6 Å². The van der Waals surface area contributed by atoms with Crippen LogP contribution >= 0.6 is 15.9 Å². The van der Waals surface area contributed by atoms with Crippen molar-refractivity contribution < 1.29 is 17.9 Å². The van der Waals surface area contributed by atoms with Crippen molar-refractivity contribution in [2.75, 3.05) is 25.5 Å². The van der Waals surface area contributed by atoms with Gasteiger partial charge in [-0.3, -0.25) is 9.89 Å². The van der Waals surface area contributed by atoms with E-state index in [-0.39, 0.29) is 16.3 Å². The third-order valence-corrected chi connectivity index (χ3v) is 6.23. The monoisotopic (exact) mass is 428 g/mol. The highest BCUT2D eigenvalue weighted by atomic mass is 79.9. The van der Waals surface area contributed by atoms with Gasteiger partial charge in [-0.25, -0.2) is 8.42 Å². The summed E-state index contributed by atoms with van der Waals surface area (Å²) in [5, 5.41) is 9.12. The number of amides is 1. The van der Waals surface area contributed by atoms with Crippen LogP contribution in [-0.2, 0) is 10.0 Å². The highest BCUT2D eigenvalue weighted by Gasteiger charge is 2.30. The number of hydrogen-bond donors (Lipinski definition) is 2. The van der Waals surface area contributed by atoms with E-state index in [0.717, 1.165) is 12.8 Å². The second-order valence-electron chi connectivity index (χ2n) is 5.53. The van der Waals surface area contributed by atoms with E-state index in [9.17, 15) is 13.2 Å². The summed E-state index contributed by atoms with van der Waals surface area (Å²) in [5.74, 6) is -0.230. The lowest BCUT2D eigenvalue weighted by atomic mass is 10.3. The van der Waals surface area contributed by atoms with Crippen LogP contribution in [0.2, 0.25) is 0 Å². The minimum absolute atomic E-state index is 0.0948. The topological polar surface area (TPSA) is 104 Å². The number of nitrogens with zero attached hydrogens (tertiary/aromatic N) is 2. The summed E-state index contributed by atoms with van der Waals surface area (Å²) in [6.07, 6.45) is 1.71. The largest absolute Gasteiger partial charge is 0.495 e. The van der Waals surface area contributed by atoms with Gasteiger partial charge >= 0.3 is 0 Å². The van der Waals surface area contributed by atoms with E-state index in [0.29, 0.717) is 23.4 Å². The summed E-state index contributed by atoms with van der Waals surface area (Å²) in [7, 11) is -2.21. The zero-order chi connectivity index (χ0) is 18.0. The van der Waals surface area contributed by atoms with E-state index in [2.05, 4.69) is 31.4 Å². The molecule has 1 saturated heterocycles. The van der Waals surface area contributed by atoms with E-state index in [4.69, 9.17) is 4.74 Å². The Labute approximate surface area is 153 Å². The van der Waals surface area contributed by atoms with E-state index in [1.54, 1.807) is 6.07 Å². The van der Waals surface area contributed by atoms with Gasteiger partial charge in [-0.15, -0.1) is 0 Å². The summed E-state index contributed by atoms with van der Waals surface area (Å²) in [4.78, 5) is 12.2. The number of nitrogens with one attached hydrogen (secondary N) is 2. The quantitative estimate of drug-likeness (QED) is 0.759. The van der Waals surface area contributed by atoms with Crippen molar-refractivity contribution in [2.45, 2.75) is 17.7 Å². The van der Waals surface area contributed by atoms with Crippen LogP contribution in [0.3, 0.4) is 0 Å². The van der Waals surface area contributed by atoms with E-state index >= 15 is 0 Å². The molecule has 0 atom stereocenters. The third-order valence-electron chi connectivity index (χ3n) is 3.88. The van der Waals surface area contributed by atoms with Gasteiger partial charge in [0.05, 0.1) is 7.11 Å². The first-order valence-corrected chi connectivity index (χ1v) is 9.85. The highest BCUT2D eigenvalue weighted by Crippen LogP contribution is 2.31. The summed E-state index contributed by atoms with van der Waals surface area (Å²) in [5.41, 5.74) is 0.626. The van der Waals surface area contributed by atoms with Crippen molar-refractivity contribution in [1.29, 1.82) is 0 Å². The van der Waals surface area contributed by atoms with Gasteiger partial charge in [0.15, 0.2) is 5.69 Å². The number of sulfonamides is 1. The Morgan fingerprint density at radius 2 is 2.04 bits per heavy atom. The number of H-pyrrole nitrogens is 1. The molecule has 1 aromatic heterocycles. The van der Waals surface area contributed by atoms with Crippen LogP contribution in [-0.4, -0.2) is 49.0 Å². The van der Waals surface area contributed by atoms with E-state index < -0.39 is 15.9 Å². The molecule has 0 spiro atoms. The Balaban J connectivity index is 1.85. The first-order chi connectivity index (χ1) is 11.9. The molecule has 1 aliphatic rings. The van der Waals surface area contributed by atoms with Crippen molar-refractivity contribution in [3.63, 3.8) is 0 Å². The molecular formula is C15H17BrN4O4S. The standard InChI is InChI=1S/C15H17BrN4O4S/c1-24-12-8-10(17-15(21)11-9-14(16)19-18-11)4-5-13(12)25(22,23)20-6-2-3-7-20/h4-5,8-9H,2-3,6-7H2,1H3,(H,17,21)(H,18,19). The number of benzene rings is 1. The molecule has 10 heteroatoms. The molecule has 2 aromatic rings. The van der Waals surface area contributed by atoms with Gasteiger partial charge in [0.25, 0.3) is 5.91 Å². The molecule has 1 aliphatic heterocycles. The second kappa shape index (κ2) is 7.14. The minimum Gasteiger partial charge on any atom is -0.495 e. The fourth-order valence-electron chi connectivity index (χ4n) is 2.64. The molecule has 2 N–H and O–H groups in total. The van der Waals surface area contributed by atoms with Gasteiger partial charge in [-0.05, 0) is 40.9 Å². The zero-order valence-electron chi connectivity index (χ0n) is 13.5. The molecule has 0 aliphatic carbocycles. The minimum atomic E-state index is -3.60. The number of anilines is 1. The van der Waals surface area contributed by atoms with Gasteiger partial charge < -0.3 is 10.1 Å². The zero-order valence-corrected chi connectivity index (χ0v) is 15.9. The number of halogens is 1. The number of carbonyl (C=O) groups excluding carboxylic acids is 1. The lowest BCUT2D eigenvalue weighted by Crippen LogP contribution is -2.28. The van der Waals surface area contributed by atoms with Gasteiger partial charge in [-0.1, -0.05) is 0 Å². The maximum Gasteiger partial charge on any atom is 0.276 e. The van der Waals surface area contributed by atoms with Gasteiger partial charge in [0.2, 0.25) is 10.0 Å². The molecule has 0 bridgehead atoms. The Hall–Kier alpha value is -1.91. The molecule has 134 valence electrons. The third kappa shape index (κ3) is 3.70. The van der Waals surface area contributed by atoms with Crippen molar-refractivity contribution >= 4 is 37.5 Å². The van der Waals surface area contributed by atoms with Crippen molar-refractivity contribution in [3.05, 3.63) is 34.6 Å². The number of ether oxygens (including phenoxy) is 1. The summed E-state index contributed by atoms with van der Waals surface area (Å²) in [6, 6.07) is 6.01. The van der Waals surface area contributed by atoms with E-state index in [1.807, 2.05) is 0 Å². The molecule has 3 rings (SSSR count). The van der Waals surface area contributed by atoms with Crippen LogP contribution in [0.5, 0.6) is 5.75 Å². The number of methoxy groups -OCH3 is 1. The molecule has 0 unspecified atom stereocenters. The van der Waals surface area contributed by atoms with Crippen LogP contribution in [0.15, 0.2) is 33.8 Å². The van der Waals surface area contributed by atoms with Crippen molar-refractivity contribution in [3.8, 4) is 5.75 Å². The first-order valence-electron chi connectivity index (χ1n) is 7.62. The molecule has 1 fully saturated rings.